The van der Waals surface area contributed by atoms with Crippen LogP contribution in [0.4, 0.5) is 5.69 Å². The van der Waals surface area contributed by atoms with Gasteiger partial charge in [0.15, 0.2) is 0 Å². The molecule has 0 heterocycles. The lowest BCUT2D eigenvalue weighted by molar-refractivity contribution is -0.143. The number of hydrogen-bond acceptors (Lipinski definition) is 3. The first-order valence-electron chi connectivity index (χ1n) is 6.16. The molecule has 0 bridgehead atoms. The van der Waals surface area contributed by atoms with Gasteiger partial charge in [0.25, 0.3) is 0 Å². The van der Waals surface area contributed by atoms with E-state index in [0.29, 0.717) is 13.0 Å². The first-order chi connectivity index (χ1) is 8.24. The van der Waals surface area contributed by atoms with Crippen LogP contribution in [0.3, 0.4) is 0 Å². The monoisotopic (exact) mass is 235 g/mol. The normalized spacial score (nSPS) is 10.0. The smallest absolute Gasteiger partial charge is 0.305 e. The van der Waals surface area contributed by atoms with Crippen LogP contribution in [0.25, 0.3) is 0 Å². The maximum atomic E-state index is 11.1. The molecule has 0 aliphatic heterocycles. The molecule has 1 aromatic carbocycles. The molecule has 0 N–H and O–H groups in total. The number of rotatable bonds is 7. The Hall–Kier alpha value is -1.51. The van der Waals surface area contributed by atoms with Crippen molar-refractivity contribution in [1.82, 2.24) is 0 Å². The SMILES string of the molecule is CCOC(=O)CCCCN(C)c1ccccc1. The molecule has 0 unspecified atom stereocenters. The zero-order valence-electron chi connectivity index (χ0n) is 10.7. The highest BCUT2D eigenvalue weighted by Crippen LogP contribution is 2.11. The van der Waals surface area contributed by atoms with E-state index in [1.807, 2.05) is 25.1 Å². The number of hydrogen-bond donors (Lipinski definition) is 0. The van der Waals surface area contributed by atoms with E-state index in [0.717, 1.165) is 19.4 Å². The minimum Gasteiger partial charge on any atom is -0.466 e. The Kier molecular flexibility index (Phi) is 6.15. The highest BCUT2D eigenvalue weighted by molar-refractivity contribution is 5.69. The number of benzene rings is 1. The summed E-state index contributed by atoms with van der Waals surface area (Å²) < 4.78 is 4.88. The molecular weight excluding hydrogens is 214 g/mol. The summed E-state index contributed by atoms with van der Waals surface area (Å²) in [5.41, 5.74) is 1.21. The number of nitrogens with zero attached hydrogens (tertiary/aromatic N) is 1. The number of carbonyl (C=O) groups excluding carboxylic acids is 1. The van der Waals surface area contributed by atoms with Gasteiger partial charge in [-0.2, -0.15) is 0 Å². The maximum absolute atomic E-state index is 11.1. The van der Waals surface area contributed by atoms with Gasteiger partial charge in [0.05, 0.1) is 6.61 Å². The molecule has 17 heavy (non-hydrogen) atoms. The molecule has 94 valence electrons. The number of anilines is 1. The summed E-state index contributed by atoms with van der Waals surface area (Å²) in [6.07, 6.45) is 2.41. The molecular formula is C14H21NO2. The fourth-order valence-corrected chi connectivity index (χ4v) is 1.66. The van der Waals surface area contributed by atoms with Crippen molar-refractivity contribution >= 4 is 11.7 Å². The number of para-hydroxylation sites is 1. The summed E-state index contributed by atoms with van der Waals surface area (Å²) in [4.78, 5) is 13.3. The Morgan fingerprint density at radius 1 is 1.24 bits per heavy atom. The molecule has 3 heteroatoms. The lowest BCUT2D eigenvalue weighted by Crippen LogP contribution is -2.18. The molecule has 0 fully saturated rings. The highest BCUT2D eigenvalue weighted by Gasteiger charge is 2.03. The molecule has 0 atom stereocenters. The minimum atomic E-state index is -0.0881. The van der Waals surface area contributed by atoms with Crippen molar-refractivity contribution in [1.29, 1.82) is 0 Å². The van der Waals surface area contributed by atoms with Crippen molar-refractivity contribution in [2.75, 3.05) is 25.1 Å². The average Bonchev–Trinajstić information content (AvgIpc) is 2.36. The van der Waals surface area contributed by atoms with Gasteiger partial charge in [0, 0.05) is 25.7 Å². The van der Waals surface area contributed by atoms with Crippen LogP contribution in [0.5, 0.6) is 0 Å². The van der Waals surface area contributed by atoms with E-state index in [1.54, 1.807) is 0 Å². The van der Waals surface area contributed by atoms with E-state index < -0.39 is 0 Å². The van der Waals surface area contributed by atoms with Gasteiger partial charge in [-0.15, -0.1) is 0 Å². The third-order valence-electron chi connectivity index (χ3n) is 2.63. The van der Waals surface area contributed by atoms with E-state index in [9.17, 15) is 4.79 Å². The summed E-state index contributed by atoms with van der Waals surface area (Å²) in [5.74, 6) is -0.0881. The van der Waals surface area contributed by atoms with E-state index in [2.05, 4.69) is 24.1 Å². The number of esters is 1. The predicted molar refractivity (Wildman–Crippen MR) is 70.2 cm³/mol. The Bertz CT molecular complexity index is 324. The number of ether oxygens (including phenoxy) is 1. The van der Waals surface area contributed by atoms with Gasteiger partial charge in [-0.05, 0) is 31.9 Å². The maximum Gasteiger partial charge on any atom is 0.305 e. The van der Waals surface area contributed by atoms with Crippen LogP contribution in [0.2, 0.25) is 0 Å². The summed E-state index contributed by atoms with van der Waals surface area (Å²) in [6.45, 7) is 3.27. The second-order valence-electron chi connectivity index (χ2n) is 4.02. The van der Waals surface area contributed by atoms with Crippen molar-refractivity contribution in [3.05, 3.63) is 30.3 Å². The molecule has 0 saturated heterocycles. The first-order valence-corrected chi connectivity index (χ1v) is 6.16. The van der Waals surface area contributed by atoms with Crippen molar-refractivity contribution in [2.24, 2.45) is 0 Å². The molecule has 0 saturated carbocycles. The fraction of sp³-hybridized carbons (Fsp3) is 0.500. The highest BCUT2D eigenvalue weighted by atomic mass is 16.5. The Morgan fingerprint density at radius 2 is 1.94 bits per heavy atom. The fourth-order valence-electron chi connectivity index (χ4n) is 1.66. The first kappa shape index (κ1) is 13.6. The summed E-state index contributed by atoms with van der Waals surface area (Å²) in [7, 11) is 2.07. The third-order valence-corrected chi connectivity index (χ3v) is 2.63. The number of carbonyl (C=O) groups is 1. The standard InChI is InChI=1S/C14H21NO2/c1-3-17-14(16)11-7-8-12-15(2)13-9-5-4-6-10-13/h4-6,9-10H,3,7-8,11-12H2,1-2H3. The van der Waals surface area contributed by atoms with Gasteiger partial charge in [-0.3, -0.25) is 4.79 Å². The van der Waals surface area contributed by atoms with Crippen LogP contribution in [0, 0.1) is 0 Å². The molecule has 3 nitrogen and oxygen atoms in total. The van der Waals surface area contributed by atoms with Crippen molar-refractivity contribution < 1.29 is 9.53 Å². The van der Waals surface area contributed by atoms with E-state index in [4.69, 9.17) is 4.74 Å². The lowest BCUT2D eigenvalue weighted by atomic mass is 10.2. The zero-order valence-corrected chi connectivity index (χ0v) is 10.7. The van der Waals surface area contributed by atoms with Crippen LogP contribution < -0.4 is 4.90 Å². The third kappa shape index (κ3) is 5.38. The summed E-state index contributed by atoms with van der Waals surface area (Å²) in [5, 5.41) is 0. The van der Waals surface area contributed by atoms with Crippen molar-refractivity contribution in [3.8, 4) is 0 Å². The molecule has 0 aromatic heterocycles. The molecule has 0 spiro atoms. The lowest BCUT2D eigenvalue weighted by Gasteiger charge is -2.18. The van der Waals surface area contributed by atoms with Crippen LogP contribution in [0.1, 0.15) is 26.2 Å². The topological polar surface area (TPSA) is 29.5 Å². The van der Waals surface area contributed by atoms with E-state index >= 15 is 0 Å². The predicted octanol–water partition coefficient (Wildman–Crippen LogP) is 2.86. The molecule has 0 radical (unpaired) electrons. The molecule has 0 amide bonds. The van der Waals surface area contributed by atoms with Gasteiger partial charge < -0.3 is 9.64 Å². The second-order valence-corrected chi connectivity index (χ2v) is 4.02. The largest absolute Gasteiger partial charge is 0.466 e. The van der Waals surface area contributed by atoms with Crippen LogP contribution in [-0.2, 0) is 9.53 Å². The molecule has 1 aromatic rings. The van der Waals surface area contributed by atoms with Crippen LogP contribution >= 0.6 is 0 Å². The average molecular weight is 235 g/mol. The second kappa shape index (κ2) is 7.71. The zero-order chi connectivity index (χ0) is 12.5. The van der Waals surface area contributed by atoms with Crippen LogP contribution in [0.15, 0.2) is 30.3 Å². The van der Waals surface area contributed by atoms with Crippen molar-refractivity contribution in [3.63, 3.8) is 0 Å². The van der Waals surface area contributed by atoms with E-state index in [-0.39, 0.29) is 5.97 Å². The number of unbranched alkanes of at least 4 members (excludes halogenated alkanes) is 1. The van der Waals surface area contributed by atoms with Gasteiger partial charge in [-0.1, -0.05) is 18.2 Å². The summed E-state index contributed by atoms with van der Waals surface area (Å²) in [6, 6.07) is 10.3. The Labute approximate surface area is 103 Å². The molecule has 1 rings (SSSR count). The summed E-state index contributed by atoms with van der Waals surface area (Å²) >= 11 is 0. The van der Waals surface area contributed by atoms with Crippen molar-refractivity contribution in [2.45, 2.75) is 26.2 Å². The van der Waals surface area contributed by atoms with Gasteiger partial charge >= 0.3 is 5.97 Å². The Morgan fingerprint density at radius 3 is 2.59 bits per heavy atom. The Balaban J connectivity index is 2.17. The van der Waals surface area contributed by atoms with E-state index in [1.165, 1.54) is 5.69 Å². The van der Waals surface area contributed by atoms with Crippen LogP contribution in [-0.4, -0.2) is 26.2 Å². The molecule has 0 aliphatic carbocycles. The van der Waals surface area contributed by atoms with Gasteiger partial charge in [0.1, 0.15) is 0 Å². The molecule has 0 aliphatic rings. The minimum absolute atomic E-state index is 0.0881. The van der Waals surface area contributed by atoms with Gasteiger partial charge in [0.2, 0.25) is 0 Å². The van der Waals surface area contributed by atoms with Gasteiger partial charge in [-0.25, -0.2) is 0 Å². The quantitative estimate of drug-likeness (QED) is 0.537.